The summed E-state index contributed by atoms with van der Waals surface area (Å²) in [4.78, 5) is 23.3. The maximum Gasteiger partial charge on any atom is 0.234 e. The molecule has 2 aromatic rings. The Balaban J connectivity index is 2.12. The molecule has 0 unspecified atom stereocenters. The van der Waals surface area contributed by atoms with Gasteiger partial charge in [0.05, 0.1) is 5.75 Å². The van der Waals surface area contributed by atoms with Gasteiger partial charge in [0.15, 0.2) is 16.8 Å². The Morgan fingerprint density at radius 3 is 2.59 bits per heavy atom. The maximum absolute atomic E-state index is 12.1. The van der Waals surface area contributed by atoms with Crippen LogP contribution in [0.1, 0.15) is 19.7 Å². The second-order valence-corrected chi connectivity index (χ2v) is 6.43. The Morgan fingerprint density at radius 2 is 1.96 bits per heavy atom. The lowest BCUT2D eigenvalue weighted by Crippen LogP contribution is -2.14. The number of hydrogen-bond acceptors (Lipinski definition) is 6. The van der Waals surface area contributed by atoms with Crippen molar-refractivity contribution in [2.24, 2.45) is 0 Å². The molecule has 0 aliphatic heterocycles. The van der Waals surface area contributed by atoms with Crippen LogP contribution in [0.2, 0.25) is 0 Å². The number of aromatic nitrogens is 3. The summed E-state index contributed by atoms with van der Waals surface area (Å²) >= 11 is 1.28. The number of benzene rings is 1. The number of nitrogens with one attached hydrogen (secondary N) is 2. The first kappa shape index (κ1) is 20.3. The van der Waals surface area contributed by atoms with Crippen LogP contribution in [0, 0.1) is 5.41 Å². The van der Waals surface area contributed by atoms with Crippen molar-refractivity contribution in [1.82, 2.24) is 14.8 Å². The summed E-state index contributed by atoms with van der Waals surface area (Å²) in [5, 5.41) is 19.1. The first-order chi connectivity index (χ1) is 13.0. The fraction of sp³-hybridized carbons (Fsp3) is 0.211. The minimum absolute atomic E-state index is 0.0966. The lowest BCUT2D eigenvalue weighted by atomic mass is 10.2. The summed E-state index contributed by atoms with van der Waals surface area (Å²) in [6.45, 7) is 3.99. The van der Waals surface area contributed by atoms with Gasteiger partial charge < -0.3 is 15.3 Å². The molecule has 0 bridgehead atoms. The van der Waals surface area contributed by atoms with Crippen LogP contribution in [0.5, 0.6) is 0 Å². The molecular weight excluding hydrogens is 362 g/mol. The minimum atomic E-state index is -0.134. The number of amides is 1. The first-order valence-corrected chi connectivity index (χ1v) is 9.34. The zero-order chi connectivity index (χ0) is 19.6. The van der Waals surface area contributed by atoms with Crippen molar-refractivity contribution in [2.45, 2.75) is 25.5 Å². The van der Waals surface area contributed by atoms with E-state index in [1.807, 2.05) is 41.8 Å². The number of ketones is 1. The Morgan fingerprint density at radius 1 is 1.22 bits per heavy atom. The topological polar surface area (TPSA) is 101 Å². The normalized spacial score (nSPS) is 11.6. The second kappa shape index (κ2) is 10.2. The largest absolute Gasteiger partial charge is 0.325 e. The highest BCUT2D eigenvalue weighted by atomic mass is 32.2. The standard InChI is InChI=1S/C19H21N5O2S/c1-3-24-18(15(11-12-20)10-9-14(2)25)22-23-19(24)27-13-17(26)21-16-7-5-4-6-8-16/h4-12,20H,3,13H2,1-2H3,(H,21,26). The molecule has 1 amide bonds. The summed E-state index contributed by atoms with van der Waals surface area (Å²) in [5.74, 6) is 0.509. The van der Waals surface area contributed by atoms with E-state index in [1.165, 1.54) is 24.8 Å². The number of rotatable bonds is 9. The summed E-state index contributed by atoms with van der Waals surface area (Å²) in [7, 11) is 0. The molecule has 8 heteroatoms. The number of anilines is 1. The van der Waals surface area contributed by atoms with E-state index in [0.29, 0.717) is 23.1 Å². The fourth-order valence-electron chi connectivity index (χ4n) is 2.24. The van der Waals surface area contributed by atoms with Crippen molar-refractivity contribution in [3.05, 3.63) is 54.4 Å². The van der Waals surface area contributed by atoms with Gasteiger partial charge in [0.1, 0.15) is 0 Å². The summed E-state index contributed by atoms with van der Waals surface area (Å²) in [6.07, 6.45) is 5.71. The third-order valence-electron chi connectivity index (χ3n) is 3.44. The zero-order valence-electron chi connectivity index (χ0n) is 15.2. The van der Waals surface area contributed by atoms with Gasteiger partial charge in [0, 0.05) is 24.0 Å². The van der Waals surface area contributed by atoms with Crippen LogP contribution in [0.4, 0.5) is 5.69 Å². The molecule has 1 aromatic heterocycles. The van der Waals surface area contributed by atoms with E-state index < -0.39 is 0 Å². The lowest BCUT2D eigenvalue weighted by molar-refractivity contribution is -0.114. The van der Waals surface area contributed by atoms with Crippen LogP contribution < -0.4 is 5.32 Å². The molecule has 2 N–H and O–H groups in total. The van der Waals surface area contributed by atoms with Crippen molar-refractivity contribution in [3.8, 4) is 0 Å². The molecule has 1 heterocycles. The minimum Gasteiger partial charge on any atom is -0.325 e. The first-order valence-electron chi connectivity index (χ1n) is 8.35. The Kier molecular flexibility index (Phi) is 7.69. The number of carbonyl (C=O) groups is 2. The monoisotopic (exact) mass is 383 g/mol. The van der Waals surface area contributed by atoms with Crippen molar-refractivity contribution < 1.29 is 9.59 Å². The van der Waals surface area contributed by atoms with E-state index in [4.69, 9.17) is 5.41 Å². The maximum atomic E-state index is 12.1. The lowest BCUT2D eigenvalue weighted by Gasteiger charge is -2.08. The molecule has 1 aromatic carbocycles. The quantitative estimate of drug-likeness (QED) is 0.300. The number of nitrogens with zero attached hydrogens (tertiary/aromatic N) is 3. The molecule has 140 valence electrons. The van der Waals surface area contributed by atoms with Crippen molar-refractivity contribution >= 4 is 40.9 Å². The Hall–Kier alpha value is -3.00. The average Bonchev–Trinajstić information content (AvgIpc) is 3.07. The van der Waals surface area contributed by atoms with Gasteiger partial charge in [-0.1, -0.05) is 30.0 Å². The van der Waals surface area contributed by atoms with E-state index in [9.17, 15) is 9.59 Å². The van der Waals surface area contributed by atoms with Gasteiger partial charge in [0.25, 0.3) is 0 Å². The van der Waals surface area contributed by atoms with Crippen molar-refractivity contribution in [3.63, 3.8) is 0 Å². The molecule has 0 aliphatic carbocycles. The molecule has 2 rings (SSSR count). The molecule has 27 heavy (non-hydrogen) atoms. The number of hydrogen-bond donors (Lipinski definition) is 2. The van der Waals surface area contributed by atoms with E-state index >= 15 is 0 Å². The SMILES string of the molecule is CCn1c(SCC(=O)Nc2ccccc2)nnc1C(C=CC(C)=O)=CC=N. The predicted octanol–water partition coefficient (Wildman–Crippen LogP) is 3.21. The molecule has 0 aliphatic rings. The molecule has 0 saturated carbocycles. The van der Waals surface area contributed by atoms with Crippen LogP contribution in [0.15, 0.2) is 53.7 Å². The van der Waals surface area contributed by atoms with Crippen LogP contribution >= 0.6 is 11.8 Å². The second-order valence-electron chi connectivity index (χ2n) is 5.49. The predicted molar refractivity (Wildman–Crippen MR) is 108 cm³/mol. The van der Waals surface area contributed by atoms with Gasteiger partial charge in [-0.25, -0.2) is 0 Å². The van der Waals surface area contributed by atoms with Gasteiger partial charge in [-0.3, -0.25) is 9.59 Å². The number of para-hydroxylation sites is 1. The van der Waals surface area contributed by atoms with E-state index in [0.717, 1.165) is 11.9 Å². The molecule has 7 nitrogen and oxygen atoms in total. The Labute approximate surface area is 162 Å². The summed E-state index contributed by atoms with van der Waals surface area (Å²) in [6, 6.07) is 9.24. The van der Waals surface area contributed by atoms with Gasteiger partial charge in [0.2, 0.25) is 5.91 Å². The molecule has 0 spiro atoms. The van der Waals surface area contributed by atoms with E-state index in [-0.39, 0.29) is 17.4 Å². The molecule has 0 fully saturated rings. The fourth-order valence-corrected chi connectivity index (χ4v) is 3.05. The summed E-state index contributed by atoms with van der Waals surface area (Å²) < 4.78 is 1.85. The number of allylic oxidation sites excluding steroid dienone is 4. The average molecular weight is 383 g/mol. The molecular formula is C19H21N5O2S. The third-order valence-corrected chi connectivity index (χ3v) is 4.41. The zero-order valence-corrected chi connectivity index (χ0v) is 16.0. The van der Waals surface area contributed by atoms with Crippen LogP contribution in [0.3, 0.4) is 0 Å². The molecule has 0 saturated heterocycles. The number of carbonyl (C=O) groups excluding carboxylic acids is 2. The smallest absolute Gasteiger partial charge is 0.234 e. The summed E-state index contributed by atoms with van der Waals surface area (Å²) in [5.41, 5.74) is 1.35. The van der Waals surface area contributed by atoms with Crippen LogP contribution in [0.25, 0.3) is 5.57 Å². The van der Waals surface area contributed by atoms with Crippen LogP contribution in [-0.4, -0.2) is 38.4 Å². The van der Waals surface area contributed by atoms with E-state index in [2.05, 4.69) is 15.5 Å². The van der Waals surface area contributed by atoms with Gasteiger partial charge in [-0.15, -0.1) is 10.2 Å². The Bertz CT molecular complexity index is 871. The third kappa shape index (κ3) is 6.03. The van der Waals surface area contributed by atoms with Gasteiger partial charge >= 0.3 is 0 Å². The van der Waals surface area contributed by atoms with Gasteiger partial charge in [-0.2, -0.15) is 0 Å². The van der Waals surface area contributed by atoms with Crippen molar-refractivity contribution in [1.29, 1.82) is 5.41 Å². The molecule has 0 radical (unpaired) electrons. The van der Waals surface area contributed by atoms with E-state index in [1.54, 1.807) is 12.2 Å². The highest BCUT2D eigenvalue weighted by Crippen LogP contribution is 2.22. The van der Waals surface area contributed by atoms with Crippen molar-refractivity contribution in [2.75, 3.05) is 11.1 Å². The highest BCUT2D eigenvalue weighted by Gasteiger charge is 2.15. The molecule has 0 atom stereocenters. The highest BCUT2D eigenvalue weighted by molar-refractivity contribution is 7.99. The van der Waals surface area contributed by atoms with Crippen LogP contribution in [-0.2, 0) is 16.1 Å². The number of thioether (sulfide) groups is 1. The van der Waals surface area contributed by atoms with Gasteiger partial charge in [-0.05, 0) is 44.2 Å².